The van der Waals surface area contributed by atoms with Crippen LogP contribution in [-0.4, -0.2) is 41.4 Å². The third-order valence-electron chi connectivity index (χ3n) is 5.17. The van der Waals surface area contributed by atoms with E-state index in [1.54, 1.807) is 17.0 Å². The number of carbonyl (C=O) groups is 2. The molecule has 1 amide bonds. The van der Waals surface area contributed by atoms with Crippen LogP contribution >= 0.6 is 11.6 Å². The molecular weight excluding hydrogens is 362 g/mol. The first kappa shape index (κ1) is 19.6. The van der Waals surface area contributed by atoms with Gasteiger partial charge in [0.2, 0.25) is 5.91 Å². The van der Waals surface area contributed by atoms with E-state index >= 15 is 0 Å². The zero-order valence-corrected chi connectivity index (χ0v) is 16.2. The van der Waals surface area contributed by atoms with Gasteiger partial charge in [-0.05, 0) is 30.2 Å². The number of benzene rings is 2. The van der Waals surface area contributed by atoms with Crippen LogP contribution in [0.25, 0.3) is 0 Å². The van der Waals surface area contributed by atoms with Crippen LogP contribution < -0.4 is 0 Å². The smallest absolute Gasteiger partial charge is 0.226 e. The molecule has 2 aromatic rings. The fourth-order valence-electron chi connectivity index (χ4n) is 3.71. The van der Waals surface area contributed by atoms with Gasteiger partial charge in [-0.1, -0.05) is 53.6 Å². The standard InChI is InChI=1S/C22H24ClNO3/c1-15-2-6-17(7-3-15)21-14-24(10-11-25)22(27)20(21)13-19(26)12-16-4-8-18(23)9-5-16/h2-9,20-21,25H,10-14H2,1H3. The SMILES string of the molecule is Cc1ccc(C2CN(CCO)C(=O)C2CC(=O)Cc2ccc(Cl)cc2)cc1. The van der Waals surface area contributed by atoms with E-state index in [0.717, 1.165) is 16.7 Å². The molecule has 0 aromatic heterocycles. The highest BCUT2D eigenvalue weighted by atomic mass is 35.5. The van der Waals surface area contributed by atoms with Gasteiger partial charge in [0.05, 0.1) is 12.5 Å². The molecule has 0 aliphatic carbocycles. The Morgan fingerprint density at radius 3 is 2.44 bits per heavy atom. The zero-order valence-electron chi connectivity index (χ0n) is 15.4. The number of aliphatic hydroxyl groups excluding tert-OH is 1. The minimum Gasteiger partial charge on any atom is -0.395 e. The number of hydrogen-bond acceptors (Lipinski definition) is 3. The Morgan fingerprint density at radius 1 is 1.15 bits per heavy atom. The maximum Gasteiger partial charge on any atom is 0.226 e. The number of amides is 1. The molecule has 0 saturated carbocycles. The van der Waals surface area contributed by atoms with E-state index in [4.69, 9.17) is 11.6 Å². The number of carbonyl (C=O) groups excluding carboxylic acids is 2. The number of halogens is 1. The molecule has 27 heavy (non-hydrogen) atoms. The molecule has 1 fully saturated rings. The molecule has 1 N–H and O–H groups in total. The molecular formula is C22H24ClNO3. The summed E-state index contributed by atoms with van der Waals surface area (Å²) >= 11 is 5.89. The van der Waals surface area contributed by atoms with Crippen molar-refractivity contribution in [2.45, 2.75) is 25.7 Å². The van der Waals surface area contributed by atoms with E-state index in [1.807, 2.05) is 43.3 Å². The van der Waals surface area contributed by atoms with E-state index < -0.39 is 0 Å². The van der Waals surface area contributed by atoms with Crippen molar-refractivity contribution in [2.75, 3.05) is 19.7 Å². The summed E-state index contributed by atoms with van der Waals surface area (Å²) in [5, 5.41) is 9.89. The molecule has 1 aliphatic heterocycles. The van der Waals surface area contributed by atoms with Crippen LogP contribution in [0.5, 0.6) is 0 Å². The van der Waals surface area contributed by atoms with Crippen molar-refractivity contribution in [1.29, 1.82) is 0 Å². The predicted octanol–water partition coefficient (Wildman–Crippen LogP) is 3.38. The van der Waals surface area contributed by atoms with Crippen LogP contribution in [0.15, 0.2) is 48.5 Å². The lowest BCUT2D eigenvalue weighted by molar-refractivity contribution is -0.134. The zero-order chi connectivity index (χ0) is 19.4. The lowest BCUT2D eigenvalue weighted by Crippen LogP contribution is -2.30. The molecule has 0 radical (unpaired) electrons. The minimum atomic E-state index is -0.376. The van der Waals surface area contributed by atoms with E-state index in [9.17, 15) is 14.7 Å². The highest BCUT2D eigenvalue weighted by Gasteiger charge is 2.41. The van der Waals surface area contributed by atoms with Crippen molar-refractivity contribution in [3.05, 3.63) is 70.2 Å². The summed E-state index contributed by atoms with van der Waals surface area (Å²) in [6.07, 6.45) is 0.503. The Balaban J connectivity index is 1.76. The monoisotopic (exact) mass is 385 g/mol. The van der Waals surface area contributed by atoms with E-state index in [0.29, 0.717) is 24.5 Å². The quantitative estimate of drug-likeness (QED) is 0.794. The topological polar surface area (TPSA) is 57.6 Å². The van der Waals surface area contributed by atoms with Gasteiger partial charge in [0.1, 0.15) is 5.78 Å². The molecule has 3 rings (SSSR count). The fraction of sp³-hybridized carbons (Fsp3) is 0.364. The number of Topliss-reactive ketones (excluding diaryl/α,β-unsaturated/α-hetero) is 1. The lowest BCUT2D eigenvalue weighted by Gasteiger charge is -2.17. The molecule has 0 spiro atoms. The predicted molar refractivity (Wildman–Crippen MR) is 106 cm³/mol. The first-order chi connectivity index (χ1) is 13.0. The van der Waals surface area contributed by atoms with E-state index in [-0.39, 0.29) is 36.6 Å². The Bertz CT molecular complexity index is 801. The maximum absolute atomic E-state index is 12.8. The third kappa shape index (κ3) is 4.76. The van der Waals surface area contributed by atoms with Crippen molar-refractivity contribution in [3.8, 4) is 0 Å². The first-order valence-electron chi connectivity index (χ1n) is 9.20. The number of rotatable bonds is 7. The number of ketones is 1. The van der Waals surface area contributed by atoms with Gasteiger partial charge in [-0.2, -0.15) is 0 Å². The second-order valence-electron chi connectivity index (χ2n) is 7.18. The number of aryl methyl sites for hydroxylation is 1. The molecule has 2 aromatic carbocycles. The summed E-state index contributed by atoms with van der Waals surface area (Å²) in [6, 6.07) is 15.3. The van der Waals surface area contributed by atoms with Crippen molar-refractivity contribution >= 4 is 23.3 Å². The van der Waals surface area contributed by atoms with Crippen molar-refractivity contribution in [1.82, 2.24) is 4.90 Å². The summed E-state index contributed by atoms with van der Waals surface area (Å²) in [5.74, 6) is -0.407. The van der Waals surface area contributed by atoms with Gasteiger partial charge in [-0.15, -0.1) is 0 Å². The minimum absolute atomic E-state index is 0.0289. The van der Waals surface area contributed by atoms with Gasteiger partial charge in [0, 0.05) is 36.9 Å². The number of hydrogen-bond donors (Lipinski definition) is 1. The van der Waals surface area contributed by atoms with Gasteiger partial charge in [-0.3, -0.25) is 9.59 Å². The van der Waals surface area contributed by atoms with Crippen LogP contribution in [0.3, 0.4) is 0 Å². The first-order valence-corrected chi connectivity index (χ1v) is 9.58. The Kier molecular flexibility index (Phi) is 6.30. The molecule has 1 saturated heterocycles. The van der Waals surface area contributed by atoms with Gasteiger partial charge in [0.15, 0.2) is 0 Å². The number of likely N-dealkylation sites (tertiary alicyclic amines) is 1. The summed E-state index contributed by atoms with van der Waals surface area (Å²) in [4.78, 5) is 27.1. The number of nitrogens with zero attached hydrogens (tertiary/aromatic N) is 1. The van der Waals surface area contributed by atoms with Gasteiger partial charge in [0.25, 0.3) is 0 Å². The van der Waals surface area contributed by atoms with Crippen LogP contribution in [0.1, 0.15) is 29.0 Å². The third-order valence-corrected chi connectivity index (χ3v) is 5.42. The number of β-amino-alcohol motifs (C(OH)–C–C–N with tert-alkyl or cyclic N) is 1. The van der Waals surface area contributed by atoms with Gasteiger partial charge < -0.3 is 10.0 Å². The Hall–Kier alpha value is -2.17. The second-order valence-corrected chi connectivity index (χ2v) is 7.61. The summed E-state index contributed by atoms with van der Waals surface area (Å²) in [6.45, 7) is 2.80. The molecule has 5 heteroatoms. The largest absolute Gasteiger partial charge is 0.395 e. The van der Waals surface area contributed by atoms with Gasteiger partial charge in [-0.25, -0.2) is 0 Å². The van der Waals surface area contributed by atoms with Crippen molar-refractivity contribution in [3.63, 3.8) is 0 Å². The Morgan fingerprint density at radius 2 is 1.81 bits per heavy atom. The van der Waals surface area contributed by atoms with E-state index in [2.05, 4.69) is 0 Å². The maximum atomic E-state index is 12.8. The second kappa shape index (κ2) is 8.68. The summed E-state index contributed by atoms with van der Waals surface area (Å²) in [5.41, 5.74) is 3.12. The molecule has 2 atom stereocenters. The average Bonchev–Trinajstić information content (AvgIpc) is 2.94. The normalized spacial score (nSPS) is 19.5. The lowest BCUT2D eigenvalue weighted by atomic mass is 9.84. The van der Waals surface area contributed by atoms with Crippen LogP contribution in [-0.2, 0) is 16.0 Å². The highest BCUT2D eigenvalue weighted by molar-refractivity contribution is 6.30. The van der Waals surface area contributed by atoms with Crippen LogP contribution in [0.4, 0.5) is 0 Å². The Labute approximate surface area is 164 Å². The van der Waals surface area contributed by atoms with Gasteiger partial charge >= 0.3 is 0 Å². The van der Waals surface area contributed by atoms with Crippen molar-refractivity contribution in [2.24, 2.45) is 5.92 Å². The average molecular weight is 386 g/mol. The summed E-state index contributed by atoms with van der Waals surface area (Å²) < 4.78 is 0. The van der Waals surface area contributed by atoms with Crippen molar-refractivity contribution < 1.29 is 14.7 Å². The molecule has 0 bridgehead atoms. The molecule has 4 nitrogen and oxygen atoms in total. The molecule has 1 heterocycles. The molecule has 142 valence electrons. The fourth-order valence-corrected chi connectivity index (χ4v) is 3.84. The van der Waals surface area contributed by atoms with Crippen LogP contribution in [0, 0.1) is 12.8 Å². The van der Waals surface area contributed by atoms with E-state index in [1.165, 1.54) is 0 Å². The number of aliphatic hydroxyl groups is 1. The molecule has 2 unspecified atom stereocenters. The van der Waals surface area contributed by atoms with Crippen LogP contribution in [0.2, 0.25) is 5.02 Å². The summed E-state index contributed by atoms with van der Waals surface area (Å²) in [7, 11) is 0. The highest BCUT2D eigenvalue weighted by Crippen LogP contribution is 2.36. The molecule has 1 aliphatic rings.